The monoisotopic (exact) mass is 1070 g/mol. The zero-order valence-electron chi connectivity index (χ0n) is 49.7. The molecule has 75 heavy (non-hydrogen) atoms. The van der Waals surface area contributed by atoms with Crippen LogP contribution in [-0.4, -0.2) is 69.4 Å². The molecule has 3 unspecified atom stereocenters. The fraction of sp³-hybridized carbons (Fsp3) is 0.785. The number of nitrogens with zero attached hydrogens (tertiary/aromatic N) is 1. The number of ether oxygens (including phenoxy) is 1. The van der Waals surface area contributed by atoms with Gasteiger partial charge in [0.15, 0.2) is 0 Å². The summed E-state index contributed by atoms with van der Waals surface area (Å²) in [6.45, 7) is 6.78. The zero-order valence-corrected chi connectivity index (χ0v) is 50.6. The quantitative estimate of drug-likeness (QED) is 0.0212. The number of carbonyl (C=O) groups excluding carboxylic acids is 2. The Morgan fingerprint density at radius 1 is 0.467 bits per heavy atom. The van der Waals surface area contributed by atoms with E-state index >= 15 is 0 Å². The van der Waals surface area contributed by atoms with E-state index in [1.807, 2.05) is 33.3 Å². The van der Waals surface area contributed by atoms with Crippen LogP contribution >= 0.6 is 7.82 Å². The molecule has 3 atom stereocenters. The molecule has 0 saturated carbocycles. The van der Waals surface area contributed by atoms with Crippen LogP contribution in [0.4, 0.5) is 0 Å². The van der Waals surface area contributed by atoms with Gasteiger partial charge in [0.2, 0.25) is 5.91 Å². The van der Waals surface area contributed by atoms with Gasteiger partial charge < -0.3 is 28.5 Å². The van der Waals surface area contributed by atoms with E-state index in [2.05, 4.69) is 86.8 Å². The minimum atomic E-state index is -4.70. The Kier molecular flexibility index (Phi) is 52.9. The topological polar surface area (TPSA) is 114 Å². The minimum absolute atomic E-state index is 0.0285. The molecule has 10 heteroatoms. The third-order valence-electron chi connectivity index (χ3n) is 13.6. The van der Waals surface area contributed by atoms with Gasteiger partial charge in [-0.05, 0) is 102 Å². The predicted molar refractivity (Wildman–Crippen MR) is 321 cm³/mol. The van der Waals surface area contributed by atoms with Crippen molar-refractivity contribution in [3.8, 4) is 0 Å². The number of quaternary nitrogens is 1. The second-order valence-corrected chi connectivity index (χ2v) is 23.6. The second kappa shape index (κ2) is 54.8. The Hall–Kier alpha value is -2.55. The molecule has 0 aromatic heterocycles. The average molecular weight is 1070 g/mol. The van der Waals surface area contributed by atoms with Crippen LogP contribution in [0.1, 0.15) is 278 Å². The lowest BCUT2D eigenvalue weighted by atomic mass is 10.0. The van der Waals surface area contributed by atoms with Gasteiger partial charge in [-0.3, -0.25) is 14.2 Å². The summed E-state index contributed by atoms with van der Waals surface area (Å²) in [5.74, 6) is -0.567. The fourth-order valence-electron chi connectivity index (χ4n) is 8.74. The van der Waals surface area contributed by atoms with Crippen molar-refractivity contribution in [2.45, 2.75) is 290 Å². The van der Waals surface area contributed by atoms with E-state index in [0.29, 0.717) is 23.9 Å². The lowest BCUT2D eigenvalue weighted by molar-refractivity contribution is -0.870. The number of rotatable bonds is 56. The molecule has 436 valence electrons. The SMILES string of the molecule is CCCCC/C=C\C/C=C\C/C=C\CCCCCCC(=O)OC(/C=C\CCCCCCCCCCC)C(COP(=O)([O-])OCC[N+](C)(C)C)NC(=O)CCCCCCCCCCCCC/C=C\C/C=C\CCCCC. The van der Waals surface area contributed by atoms with Gasteiger partial charge in [-0.15, -0.1) is 0 Å². The van der Waals surface area contributed by atoms with E-state index in [1.165, 1.54) is 148 Å². The second-order valence-electron chi connectivity index (χ2n) is 22.2. The van der Waals surface area contributed by atoms with Crippen LogP contribution in [-0.2, 0) is 27.9 Å². The Bertz CT molecular complexity index is 1510. The molecule has 0 bridgehead atoms. The smallest absolute Gasteiger partial charge is 0.306 e. The summed E-state index contributed by atoms with van der Waals surface area (Å²) in [7, 11) is 1.17. The molecule has 0 saturated heterocycles. The molecule has 1 N–H and O–H groups in total. The molecule has 0 spiro atoms. The van der Waals surface area contributed by atoms with Crippen molar-refractivity contribution < 1.29 is 37.3 Å². The van der Waals surface area contributed by atoms with Crippen molar-refractivity contribution >= 4 is 19.7 Å². The Labute approximate surface area is 463 Å². The summed E-state index contributed by atoms with van der Waals surface area (Å²) in [6, 6.07) is -0.900. The summed E-state index contributed by atoms with van der Waals surface area (Å²) in [6.07, 6.45) is 70.1. The number of nitrogens with one attached hydrogen (secondary N) is 1. The highest BCUT2D eigenvalue weighted by atomic mass is 31.2. The molecule has 0 heterocycles. The number of carbonyl (C=O) groups is 2. The van der Waals surface area contributed by atoms with Gasteiger partial charge in [-0.25, -0.2) is 0 Å². The molecule has 0 rings (SSSR count). The number of hydrogen-bond acceptors (Lipinski definition) is 7. The maximum absolute atomic E-state index is 13.5. The molecule has 0 aromatic carbocycles. The van der Waals surface area contributed by atoms with Gasteiger partial charge in [-0.1, -0.05) is 235 Å². The molecule has 0 aliphatic heterocycles. The Balaban J connectivity index is 5.23. The average Bonchev–Trinajstić information content (AvgIpc) is 3.37. The van der Waals surface area contributed by atoms with Gasteiger partial charge >= 0.3 is 5.97 Å². The van der Waals surface area contributed by atoms with E-state index < -0.39 is 26.6 Å². The van der Waals surface area contributed by atoms with Crippen molar-refractivity contribution in [1.29, 1.82) is 0 Å². The third kappa shape index (κ3) is 56.0. The molecule has 0 aliphatic rings. The van der Waals surface area contributed by atoms with Crippen LogP contribution in [0.3, 0.4) is 0 Å². The first kappa shape index (κ1) is 72.5. The largest absolute Gasteiger partial charge is 0.756 e. The highest BCUT2D eigenvalue weighted by Gasteiger charge is 2.27. The van der Waals surface area contributed by atoms with Gasteiger partial charge in [0, 0.05) is 12.8 Å². The Morgan fingerprint density at radius 2 is 0.813 bits per heavy atom. The van der Waals surface area contributed by atoms with Crippen LogP contribution in [0.15, 0.2) is 72.9 Å². The normalized spacial score (nSPS) is 14.2. The number of esters is 1. The van der Waals surface area contributed by atoms with E-state index in [1.54, 1.807) is 0 Å². The molecule has 0 fully saturated rings. The van der Waals surface area contributed by atoms with Crippen molar-refractivity contribution in [2.75, 3.05) is 40.9 Å². The number of amides is 1. The number of allylic oxidation sites excluding steroid dienone is 11. The summed E-state index contributed by atoms with van der Waals surface area (Å²) in [5.41, 5.74) is 0. The van der Waals surface area contributed by atoms with Crippen LogP contribution in [0.25, 0.3) is 0 Å². The first-order chi connectivity index (χ1) is 36.4. The number of phosphoric acid groups is 1. The van der Waals surface area contributed by atoms with Crippen LogP contribution in [0.5, 0.6) is 0 Å². The first-order valence-electron chi connectivity index (χ1n) is 31.2. The summed E-state index contributed by atoms with van der Waals surface area (Å²) < 4.78 is 30.3. The molecule has 1 amide bonds. The van der Waals surface area contributed by atoms with Gasteiger partial charge in [0.1, 0.15) is 19.3 Å². The Morgan fingerprint density at radius 3 is 1.24 bits per heavy atom. The number of likely N-dealkylation sites (N-methyl/N-ethyl adjacent to an activating group) is 1. The van der Waals surface area contributed by atoms with E-state index in [-0.39, 0.29) is 24.9 Å². The lowest BCUT2D eigenvalue weighted by Crippen LogP contribution is -2.47. The summed E-state index contributed by atoms with van der Waals surface area (Å²) in [5, 5.41) is 3.02. The van der Waals surface area contributed by atoms with Crippen LogP contribution < -0.4 is 10.2 Å². The maximum Gasteiger partial charge on any atom is 0.306 e. The summed E-state index contributed by atoms with van der Waals surface area (Å²) >= 11 is 0. The molecule has 9 nitrogen and oxygen atoms in total. The van der Waals surface area contributed by atoms with E-state index in [0.717, 1.165) is 89.9 Å². The first-order valence-corrected chi connectivity index (χ1v) is 32.7. The lowest BCUT2D eigenvalue weighted by Gasteiger charge is -2.30. The van der Waals surface area contributed by atoms with Crippen molar-refractivity contribution in [2.24, 2.45) is 0 Å². The molecule has 0 aromatic rings. The highest BCUT2D eigenvalue weighted by Crippen LogP contribution is 2.38. The maximum atomic E-state index is 13.5. The van der Waals surface area contributed by atoms with Crippen molar-refractivity contribution in [1.82, 2.24) is 5.32 Å². The number of hydrogen-bond donors (Lipinski definition) is 1. The summed E-state index contributed by atoms with van der Waals surface area (Å²) in [4.78, 5) is 40.0. The third-order valence-corrected chi connectivity index (χ3v) is 14.6. The van der Waals surface area contributed by atoms with Gasteiger partial charge in [0.25, 0.3) is 7.82 Å². The number of unbranched alkanes of at least 4 members (excludes halogenated alkanes) is 30. The number of phosphoric ester groups is 1. The van der Waals surface area contributed by atoms with Crippen LogP contribution in [0.2, 0.25) is 0 Å². The fourth-order valence-corrected chi connectivity index (χ4v) is 9.46. The molecular weight excluding hydrogens is 952 g/mol. The standard InChI is InChI=1S/C65H119N2O7P/c1-7-10-13-16-19-22-25-27-29-31-32-33-34-36-37-39-42-45-48-51-54-57-64(68)66-62(61-73-75(70,71)72-60-59-67(4,5)6)63(56-53-50-47-44-41-24-21-18-15-12-9-3)74-65(69)58-55-52-49-46-43-40-38-35-30-28-26-23-20-17-14-11-8-2/h19-20,22-23,27-30,38,40,53,56,62-63H,7-18,21,24-26,31-37,39,41-52,54-55,57-61H2,1-6H3,(H-,66,68,70,71)/b22-19-,23-20-,29-27-,30-28-,40-38-,56-53-. The predicted octanol–water partition coefficient (Wildman–Crippen LogP) is 18.6. The minimum Gasteiger partial charge on any atom is -0.756 e. The van der Waals surface area contributed by atoms with Crippen molar-refractivity contribution in [3.63, 3.8) is 0 Å². The van der Waals surface area contributed by atoms with Crippen LogP contribution in [0, 0.1) is 0 Å². The van der Waals surface area contributed by atoms with E-state index in [9.17, 15) is 19.0 Å². The highest BCUT2D eigenvalue weighted by molar-refractivity contribution is 7.45. The van der Waals surface area contributed by atoms with Gasteiger partial charge in [-0.2, -0.15) is 0 Å². The molecule has 0 radical (unpaired) electrons. The zero-order chi connectivity index (χ0) is 55.0. The molecule has 0 aliphatic carbocycles. The van der Waals surface area contributed by atoms with Crippen molar-refractivity contribution in [3.05, 3.63) is 72.9 Å². The van der Waals surface area contributed by atoms with E-state index in [4.69, 9.17) is 13.8 Å². The molecular formula is C65H119N2O7P. The van der Waals surface area contributed by atoms with Gasteiger partial charge in [0.05, 0.1) is 33.8 Å².